The number of hydrogen-bond donors (Lipinski definition) is 3. The Hall–Kier alpha value is -3.07. The Kier molecular flexibility index (Phi) is 3.98. The van der Waals surface area contributed by atoms with Gasteiger partial charge in [0.05, 0.1) is 12.1 Å². The summed E-state index contributed by atoms with van der Waals surface area (Å²) in [6, 6.07) is 7.38. The van der Waals surface area contributed by atoms with Crippen molar-refractivity contribution in [3.05, 3.63) is 42.2 Å². The van der Waals surface area contributed by atoms with Crippen molar-refractivity contribution < 1.29 is 4.79 Å². The van der Waals surface area contributed by atoms with E-state index in [-0.39, 0.29) is 17.7 Å². The maximum Gasteiger partial charge on any atom is 0.229 e. The zero-order valence-electron chi connectivity index (χ0n) is 13.7. The number of aromatic amines is 1. The number of nitrogens with one attached hydrogen (secondary N) is 3. The first-order chi connectivity index (χ1) is 12.2. The minimum absolute atomic E-state index is 0.00571. The van der Waals surface area contributed by atoms with Gasteiger partial charge in [0.2, 0.25) is 11.7 Å². The first kappa shape index (κ1) is 15.5. The number of carbonyl (C=O) groups is 1. The van der Waals surface area contributed by atoms with Crippen LogP contribution in [0, 0.1) is 5.92 Å². The molecule has 9 nitrogen and oxygen atoms in total. The molecular weight excluding hydrogens is 320 g/mol. The van der Waals surface area contributed by atoms with E-state index in [1.807, 2.05) is 43.7 Å². The van der Waals surface area contributed by atoms with Gasteiger partial charge in [-0.1, -0.05) is 0 Å². The van der Waals surface area contributed by atoms with Crippen LogP contribution in [0.25, 0.3) is 11.4 Å². The molecule has 128 valence electrons. The van der Waals surface area contributed by atoms with Crippen LogP contribution in [-0.2, 0) is 11.8 Å². The quantitative estimate of drug-likeness (QED) is 0.640. The summed E-state index contributed by atoms with van der Waals surface area (Å²) in [5.74, 6) is 0.536. The number of aryl methyl sites for hydroxylation is 1. The molecule has 0 aliphatic carbocycles. The van der Waals surface area contributed by atoms with E-state index in [1.165, 1.54) is 0 Å². The summed E-state index contributed by atoms with van der Waals surface area (Å²) in [5.41, 5.74) is 2.66. The second-order valence-corrected chi connectivity index (χ2v) is 6.12. The van der Waals surface area contributed by atoms with Crippen molar-refractivity contribution in [2.45, 2.75) is 5.92 Å². The lowest BCUT2D eigenvalue weighted by Crippen LogP contribution is -2.28. The number of benzene rings is 1. The number of nitrogens with zero attached hydrogens (tertiary/aromatic N) is 5. The fourth-order valence-corrected chi connectivity index (χ4v) is 3.16. The first-order valence-electron chi connectivity index (χ1n) is 8.05. The Morgan fingerprint density at radius 3 is 2.80 bits per heavy atom. The zero-order chi connectivity index (χ0) is 17.2. The molecule has 25 heavy (non-hydrogen) atoms. The van der Waals surface area contributed by atoms with Crippen LogP contribution in [0.15, 0.2) is 36.7 Å². The average molecular weight is 338 g/mol. The Morgan fingerprint density at radius 2 is 2.12 bits per heavy atom. The molecule has 2 atom stereocenters. The third kappa shape index (κ3) is 3.13. The van der Waals surface area contributed by atoms with E-state index in [2.05, 4.69) is 36.4 Å². The molecule has 0 radical (unpaired) electrons. The van der Waals surface area contributed by atoms with Gasteiger partial charge in [-0.25, -0.2) is 0 Å². The van der Waals surface area contributed by atoms with Crippen molar-refractivity contribution >= 4 is 11.6 Å². The summed E-state index contributed by atoms with van der Waals surface area (Å²) in [6.45, 7) is 1.44. The largest absolute Gasteiger partial charge is 0.326 e. The van der Waals surface area contributed by atoms with E-state index in [9.17, 15) is 4.79 Å². The predicted octanol–water partition coefficient (Wildman–Crippen LogP) is 0.542. The summed E-state index contributed by atoms with van der Waals surface area (Å²) in [6.07, 6.45) is 3.80. The van der Waals surface area contributed by atoms with Gasteiger partial charge in [0.1, 0.15) is 0 Å². The standard InChI is InChI=1S/C16H18N8O/c1-24-9-11(6-18-24)13-7-17-8-14(13)16(25)19-12-4-2-10(3-5-12)15-20-22-23-21-15/h2-6,9,13-14,17H,7-8H2,1H3,(H,19,25)(H,20,21,22,23)/t13-,14+/m1/s1. The predicted molar refractivity (Wildman–Crippen MR) is 90.6 cm³/mol. The van der Waals surface area contributed by atoms with Crippen molar-refractivity contribution in [3.63, 3.8) is 0 Å². The molecule has 1 saturated heterocycles. The number of H-pyrrole nitrogens is 1. The molecule has 1 aromatic carbocycles. The van der Waals surface area contributed by atoms with Crippen LogP contribution in [0.4, 0.5) is 5.69 Å². The number of amides is 1. The molecule has 3 aromatic rings. The number of rotatable bonds is 4. The highest BCUT2D eigenvalue weighted by atomic mass is 16.2. The van der Waals surface area contributed by atoms with Gasteiger partial charge in [0.25, 0.3) is 0 Å². The second-order valence-electron chi connectivity index (χ2n) is 6.12. The molecule has 3 N–H and O–H groups in total. The van der Waals surface area contributed by atoms with Crippen molar-refractivity contribution in [3.8, 4) is 11.4 Å². The summed E-state index contributed by atoms with van der Waals surface area (Å²) < 4.78 is 1.76. The molecule has 0 spiro atoms. The van der Waals surface area contributed by atoms with Crippen LogP contribution < -0.4 is 10.6 Å². The van der Waals surface area contributed by atoms with E-state index < -0.39 is 0 Å². The van der Waals surface area contributed by atoms with Gasteiger partial charge in [0, 0.05) is 43.5 Å². The maximum absolute atomic E-state index is 12.7. The molecule has 0 bridgehead atoms. The third-order valence-corrected chi connectivity index (χ3v) is 4.46. The fraction of sp³-hybridized carbons (Fsp3) is 0.312. The lowest BCUT2D eigenvalue weighted by atomic mass is 9.90. The van der Waals surface area contributed by atoms with Gasteiger partial charge in [-0.3, -0.25) is 9.48 Å². The highest BCUT2D eigenvalue weighted by Gasteiger charge is 2.34. The smallest absolute Gasteiger partial charge is 0.229 e. The van der Waals surface area contributed by atoms with Crippen LogP contribution in [0.5, 0.6) is 0 Å². The Morgan fingerprint density at radius 1 is 1.28 bits per heavy atom. The third-order valence-electron chi connectivity index (χ3n) is 4.46. The van der Waals surface area contributed by atoms with Gasteiger partial charge >= 0.3 is 0 Å². The van der Waals surface area contributed by atoms with E-state index in [0.29, 0.717) is 12.4 Å². The number of anilines is 1. The van der Waals surface area contributed by atoms with Gasteiger partial charge < -0.3 is 10.6 Å². The van der Waals surface area contributed by atoms with Crippen molar-refractivity contribution in [1.82, 2.24) is 35.7 Å². The van der Waals surface area contributed by atoms with Crippen molar-refractivity contribution in [2.24, 2.45) is 13.0 Å². The molecule has 3 heterocycles. The fourth-order valence-electron chi connectivity index (χ4n) is 3.16. The second kappa shape index (κ2) is 6.44. The van der Waals surface area contributed by atoms with Crippen LogP contribution in [-0.4, -0.2) is 49.4 Å². The number of carbonyl (C=O) groups excluding carboxylic acids is 1. The lowest BCUT2D eigenvalue weighted by molar-refractivity contribution is -0.119. The minimum Gasteiger partial charge on any atom is -0.326 e. The molecule has 1 aliphatic rings. The molecule has 1 aliphatic heterocycles. The van der Waals surface area contributed by atoms with Gasteiger partial charge in [0.15, 0.2) is 0 Å². The van der Waals surface area contributed by atoms with Crippen LogP contribution in [0.2, 0.25) is 0 Å². The maximum atomic E-state index is 12.7. The normalized spacial score (nSPS) is 19.9. The molecule has 0 saturated carbocycles. The highest BCUT2D eigenvalue weighted by Crippen LogP contribution is 2.29. The zero-order valence-corrected chi connectivity index (χ0v) is 13.7. The SMILES string of the molecule is Cn1cc([C@H]2CNC[C@@H]2C(=O)Nc2ccc(-c3nn[nH]n3)cc2)cn1. The van der Waals surface area contributed by atoms with Gasteiger partial charge in [-0.15, -0.1) is 10.2 Å². The Bertz CT molecular complexity index is 855. The van der Waals surface area contributed by atoms with Crippen molar-refractivity contribution in [2.75, 3.05) is 18.4 Å². The lowest BCUT2D eigenvalue weighted by Gasteiger charge is -2.17. The molecular formula is C16H18N8O. The summed E-state index contributed by atoms with van der Waals surface area (Å²) in [5, 5.41) is 24.3. The minimum atomic E-state index is -0.124. The van der Waals surface area contributed by atoms with Crippen LogP contribution in [0.3, 0.4) is 0 Å². The first-order valence-corrected chi connectivity index (χ1v) is 8.05. The summed E-state index contributed by atoms with van der Waals surface area (Å²) >= 11 is 0. The number of aromatic nitrogens is 6. The molecule has 1 amide bonds. The van der Waals surface area contributed by atoms with Crippen molar-refractivity contribution in [1.29, 1.82) is 0 Å². The van der Waals surface area contributed by atoms with E-state index >= 15 is 0 Å². The average Bonchev–Trinajstić information content (AvgIpc) is 3.36. The number of hydrogen-bond acceptors (Lipinski definition) is 6. The van der Waals surface area contributed by atoms with Gasteiger partial charge in [-0.2, -0.15) is 10.3 Å². The molecule has 0 unspecified atom stereocenters. The van der Waals surface area contributed by atoms with Crippen LogP contribution >= 0.6 is 0 Å². The molecule has 9 heteroatoms. The van der Waals surface area contributed by atoms with E-state index in [4.69, 9.17) is 0 Å². The van der Waals surface area contributed by atoms with Gasteiger partial charge in [-0.05, 0) is 35.0 Å². The monoisotopic (exact) mass is 338 g/mol. The van der Waals surface area contributed by atoms with E-state index in [1.54, 1.807) is 4.68 Å². The van der Waals surface area contributed by atoms with E-state index in [0.717, 1.165) is 23.4 Å². The van der Waals surface area contributed by atoms with Crippen LogP contribution in [0.1, 0.15) is 11.5 Å². The highest BCUT2D eigenvalue weighted by molar-refractivity contribution is 5.93. The molecule has 1 fully saturated rings. The summed E-state index contributed by atoms with van der Waals surface area (Å²) in [4.78, 5) is 12.7. The Labute approximate surface area is 143 Å². The summed E-state index contributed by atoms with van der Waals surface area (Å²) in [7, 11) is 1.88. The molecule has 4 rings (SSSR count). The molecule has 2 aromatic heterocycles. The topological polar surface area (TPSA) is 113 Å². The number of tetrazole rings is 1. The Balaban J connectivity index is 1.46.